The molecule has 2 heterocycles. The lowest BCUT2D eigenvalue weighted by Gasteiger charge is -2.12. The number of aromatic nitrogens is 1. The number of hydrogen-bond acceptors (Lipinski definition) is 6. The van der Waals surface area contributed by atoms with Crippen LogP contribution in [0.1, 0.15) is 6.42 Å². The van der Waals surface area contributed by atoms with E-state index in [-0.39, 0.29) is 11.7 Å². The SMILES string of the molecule is O=C(CSc1nc2cc(Cl)ccc2s1)Nc1cc2c(cc1Cl)OCCCO2. The van der Waals surface area contributed by atoms with E-state index >= 15 is 0 Å². The number of hydrogen-bond donors (Lipinski definition) is 1. The number of nitrogens with zero attached hydrogens (tertiary/aromatic N) is 1. The van der Waals surface area contributed by atoms with Gasteiger partial charge in [0.2, 0.25) is 5.91 Å². The van der Waals surface area contributed by atoms with Gasteiger partial charge in [-0.2, -0.15) is 0 Å². The first-order valence-corrected chi connectivity index (χ1v) is 10.7. The molecule has 27 heavy (non-hydrogen) atoms. The van der Waals surface area contributed by atoms with Crippen LogP contribution < -0.4 is 14.8 Å². The molecule has 0 fully saturated rings. The molecule has 1 aromatic heterocycles. The molecule has 4 rings (SSSR count). The van der Waals surface area contributed by atoms with Gasteiger partial charge in [-0.15, -0.1) is 11.3 Å². The summed E-state index contributed by atoms with van der Waals surface area (Å²) in [4.78, 5) is 16.8. The van der Waals surface area contributed by atoms with Crippen LogP contribution >= 0.6 is 46.3 Å². The van der Waals surface area contributed by atoms with Crippen LogP contribution in [0.15, 0.2) is 34.7 Å². The summed E-state index contributed by atoms with van der Waals surface area (Å²) in [6.45, 7) is 1.15. The van der Waals surface area contributed by atoms with Crippen molar-refractivity contribution < 1.29 is 14.3 Å². The minimum atomic E-state index is -0.173. The van der Waals surface area contributed by atoms with Gasteiger partial charge in [0, 0.05) is 23.6 Å². The van der Waals surface area contributed by atoms with E-state index < -0.39 is 0 Å². The van der Waals surface area contributed by atoms with Crippen LogP contribution in [-0.2, 0) is 4.79 Å². The average molecular weight is 441 g/mol. The summed E-state index contributed by atoms with van der Waals surface area (Å²) in [6.07, 6.45) is 0.804. The summed E-state index contributed by atoms with van der Waals surface area (Å²) in [7, 11) is 0. The van der Waals surface area contributed by atoms with E-state index in [0.717, 1.165) is 21.0 Å². The first kappa shape index (κ1) is 18.7. The molecule has 2 aromatic carbocycles. The monoisotopic (exact) mass is 440 g/mol. The van der Waals surface area contributed by atoms with Gasteiger partial charge in [0.25, 0.3) is 0 Å². The standard InChI is InChI=1S/C18H14Cl2N2O3S2/c19-10-2-3-16-13(6-10)22-18(27-16)26-9-17(23)21-12-8-15-14(7-11(12)20)24-4-1-5-25-15/h2-3,6-8H,1,4-5,9H2,(H,21,23). The van der Waals surface area contributed by atoms with E-state index in [2.05, 4.69) is 10.3 Å². The minimum absolute atomic E-state index is 0.173. The molecule has 0 spiro atoms. The lowest BCUT2D eigenvalue weighted by Crippen LogP contribution is -2.14. The van der Waals surface area contributed by atoms with Gasteiger partial charge in [0.05, 0.1) is 39.9 Å². The molecule has 0 saturated carbocycles. The summed E-state index contributed by atoms with van der Waals surface area (Å²) >= 11 is 15.1. The van der Waals surface area contributed by atoms with E-state index in [1.165, 1.54) is 23.1 Å². The van der Waals surface area contributed by atoms with Crippen molar-refractivity contribution >= 4 is 68.1 Å². The Morgan fingerprint density at radius 2 is 1.96 bits per heavy atom. The van der Waals surface area contributed by atoms with Gasteiger partial charge in [-0.1, -0.05) is 35.0 Å². The van der Waals surface area contributed by atoms with Gasteiger partial charge in [-0.3, -0.25) is 4.79 Å². The zero-order valence-electron chi connectivity index (χ0n) is 14.0. The number of rotatable bonds is 4. The third-order valence-electron chi connectivity index (χ3n) is 3.77. The van der Waals surface area contributed by atoms with Crippen LogP contribution in [0.3, 0.4) is 0 Å². The molecule has 140 valence electrons. The minimum Gasteiger partial charge on any atom is -0.490 e. The second kappa shape index (κ2) is 8.14. The van der Waals surface area contributed by atoms with Gasteiger partial charge in [-0.05, 0) is 18.2 Å². The Kier molecular flexibility index (Phi) is 5.63. The number of benzene rings is 2. The van der Waals surface area contributed by atoms with Crippen LogP contribution in [0.2, 0.25) is 10.0 Å². The smallest absolute Gasteiger partial charge is 0.234 e. The number of thioether (sulfide) groups is 1. The van der Waals surface area contributed by atoms with Gasteiger partial charge in [-0.25, -0.2) is 4.98 Å². The van der Waals surface area contributed by atoms with E-state index in [0.29, 0.717) is 40.4 Å². The molecular formula is C18H14Cl2N2O3S2. The van der Waals surface area contributed by atoms with Gasteiger partial charge in [0.1, 0.15) is 0 Å². The number of nitrogens with one attached hydrogen (secondary N) is 1. The zero-order valence-corrected chi connectivity index (χ0v) is 17.1. The fourth-order valence-corrected chi connectivity index (χ4v) is 4.75. The molecule has 0 unspecified atom stereocenters. The molecule has 5 nitrogen and oxygen atoms in total. The molecule has 9 heteroatoms. The molecule has 1 aliphatic heterocycles. The Morgan fingerprint density at radius 3 is 2.78 bits per heavy atom. The summed E-state index contributed by atoms with van der Waals surface area (Å²) in [5, 5.41) is 3.88. The highest BCUT2D eigenvalue weighted by atomic mass is 35.5. The maximum Gasteiger partial charge on any atom is 0.234 e. The number of fused-ring (bicyclic) bond motifs is 2. The average Bonchev–Trinajstić information content (AvgIpc) is 2.91. The predicted octanol–water partition coefficient (Wildman–Crippen LogP) is 5.50. The number of amides is 1. The van der Waals surface area contributed by atoms with Crippen LogP contribution in [0.25, 0.3) is 10.2 Å². The van der Waals surface area contributed by atoms with E-state index in [4.69, 9.17) is 32.7 Å². The normalized spacial score (nSPS) is 13.4. The Hall–Kier alpha value is -1.67. The van der Waals surface area contributed by atoms with Crippen molar-refractivity contribution in [2.45, 2.75) is 10.8 Å². The van der Waals surface area contributed by atoms with E-state index in [9.17, 15) is 4.79 Å². The van der Waals surface area contributed by atoms with Crippen LogP contribution in [-0.4, -0.2) is 29.9 Å². The fourth-order valence-electron chi connectivity index (χ4n) is 2.53. The molecule has 0 radical (unpaired) electrons. The summed E-state index contributed by atoms with van der Waals surface area (Å²) in [5.41, 5.74) is 1.34. The fraction of sp³-hybridized carbons (Fsp3) is 0.222. The number of halogens is 2. The highest BCUT2D eigenvalue weighted by molar-refractivity contribution is 8.01. The zero-order chi connectivity index (χ0) is 18.8. The lowest BCUT2D eigenvalue weighted by molar-refractivity contribution is -0.113. The molecule has 0 saturated heterocycles. The molecule has 1 amide bonds. The van der Waals surface area contributed by atoms with E-state index in [1.807, 2.05) is 18.2 Å². The van der Waals surface area contributed by atoms with Crippen LogP contribution in [0, 0.1) is 0 Å². The Bertz CT molecular complexity index is 1010. The van der Waals surface area contributed by atoms with Crippen LogP contribution in [0.4, 0.5) is 5.69 Å². The van der Waals surface area contributed by atoms with Crippen molar-refractivity contribution in [1.29, 1.82) is 0 Å². The molecular weight excluding hydrogens is 427 g/mol. The number of thiazole rings is 1. The lowest BCUT2D eigenvalue weighted by atomic mass is 10.2. The third kappa shape index (κ3) is 4.43. The highest BCUT2D eigenvalue weighted by Gasteiger charge is 2.16. The number of carbonyl (C=O) groups excluding carboxylic acids is 1. The molecule has 1 N–H and O–H groups in total. The van der Waals surface area contributed by atoms with Crippen molar-refractivity contribution in [1.82, 2.24) is 4.98 Å². The maximum absolute atomic E-state index is 12.3. The molecule has 0 bridgehead atoms. The van der Waals surface area contributed by atoms with Crippen molar-refractivity contribution in [3.8, 4) is 11.5 Å². The van der Waals surface area contributed by atoms with Crippen molar-refractivity contribution in [2.75, 3.05) is 24.3 Å². The van der Waals surface area contributed by atoms with Gasteiger partial charge in [0.15, 0.2) is 15.8 Å². The topological polar surface area (TPSA) is 60.5 Å². The van der Waals surface area contributed by atoms with E-state index in [1.54, 1.807) is 12.1 Å². The maximum atomic E-state index is 12.3. The summed E-state index contributed by atoms with van der Waals surface area (Å²) < 4.78 is 13.1. The summed E-state index contributed by atoms with van der Waals surface area (Å²) in [6, 6.07) is 8.94. The van der Waals surface area contributed by atoms with Gasteiger partial charge < -0.3 is 14.8 Å². The highest BCUT2D eigenvalue weighted by Crippen LogP contribution is 2.38. The number of anilines is 1. The Morgan fingerprint density at radius 1 is 1.19 bits per heavy atom. The quantitative estimate of drug-likeness (QED) is 0.542. The van der Waals surface area contributed by atoms with Gasteiger partial charge >= 0.3 is 0 Å². The van der Waals surface area contributed by atoms with Crippen molar-refractivity contribution in [3.05, 3.63) is 40.4 Å². The molecule has 0 atom stereocenters. The number of ether oxygens (including phenoxy) is 2. The van der Waals surface area contributed by atoms with Crippen LogP contribution in [0.5, 0.6) is 11.5 Å². The Balaban J connectivity index is 1.42. The second-order valence-corrected chi connectivity index (χ2v) is 8.85. The molecule has 1 aliphatic rings. The van der Waals surface area contributed by atoms with Crippen molar-refractivity contribution in [2.24, 2.45) is 0 Å². The third-order valence-corrected chi connectivity index (χ3v) is 6.50. The summed E-state index contributed by atoms with van der Waals surface area (Å²) in [5.74, 6) is 1.23. The molecule has 0 aliphatic carbocycles. The second-order valence-electron chi connectivity index (χ2n) is 5.76. The number of carbonyl (C=O) groups is 1. The molecule has 3 aromatic rings. The predicted molar refractivity (Wildman–Crippen MR) is 111 cm³/mol. The largest absolute Gasteiger partial charge is 0.490 e. The Labute approximate surface area is 174 Å². The van der Waals surface area contributed by atoms with Crippen molar-refractivity contribution in [3.63, 3.8) is 0 Å². The first-order chi connectivity index (χ1) is 13.1. The first-order valence-electron chi connectivity index (χ1n) is 8.16.